The van der Waals surface area contributed by atoms with E-state index in [-0.39, 0.29) is 11.5 Å². The number of halogens is 1. The summed E-state index contributed by atoms with van der Waals surface area (Å²) in [7, 11) is 0. The maximum absolute atomic E-state index is 12.5. The summed E-state index contributed by atoms with van der Waals surface area (Å²) in [5.41, 5.74) is 5.38. The molecule has 0 bridgehead atoms. The number of rotatable bonds is 8. The van der Waals surface area contributed by atoms with Crippen molar-refractivity contribution in [2.75, 3.05) is 5.43 Å². The number of hydrogen-bond acceptors (Lipinski definition) is 6. The first kappa shape index (κ1) is 22.8. The van der Waals surface area contributed by atoms with Gasteiger partial charge in [0.1, 0.15) is 5.75 Å². The summed E-state index contributed by atoms with van der Waals surface area (Å²) in [5, 5.41) is 11.3. The third-order valence-corrected chi connectivity index (χ3v) is 4.79. The molecule has 3 aromatic carbocycles. The summed E-state index contributed by atoms with van der Waals surface area (Å²) in [6.07, 6.45) is 0. The van der Waals surface area contributed by atoms with Gasteiger partial charge in [0, 0.05) is 28.3 Å². The molecule has 0 aliphatic rings. The third kappa shape index (κ3) is 5.61. The van der Waals surface area contributed by atoms with Crippen LogP contribution in [0.15, 0.2) is 72.8 Å². The van der Waals surface area contributed by atoms with Crippen LogP contribution < -0.4 is 15.6 Å². The van der Waals surface area contributed by atoms with E-state index in [1.165, 1.54) is 24.3 Å². The summed E-state index contributed by atoms with van der Waals surface area (Å²) < 4.78 is 5.79. The summed E-state index contributed by atoms with van der Waals surface area (Å²) in [4.78, 5) is 35.3. The fourth-order valence-corrected chi connectivity index (χ4v) is 2.86. The molecule has 0 radical (unpaired) electrons. The first-order valence-corrected chi connectivity index (χ1v) is 9.94. The molecular formula is C23H20ClN3O5. The van der Waals surface area contributed by atoms with Crippen molar-refractivity contribution >= 4 is 34.7 Å². The zero-order chi connectivity index (χ0) is 23.3. The summed E-state index contributed by atoms with van der Waals surface area (Å²) >= 11 is 5.86. The second kappa shape index (κ2) is 9.49. The Hall–Kier alpha value is -3.91. The van der Waals surface area contributed by atoms with E-state index in [0.717, 1.165) is 0 Å². The average Bonchev–Trinajstić information content (AvgIpc) is 2.78. The summed E-state index contributed by atoms with van der Waals surface area (Å²) in [5.74, 6) is -0.206. The van der Waals surface area contributed by atoms with Crippen molar-refractivity contribution in [3.05, 3.63) is 99.1 Å². The number of nitro groups is 1. The number of carbonyl (C=O) groups excluding carboxylic acids is 2. The van der Waals surface area contributed by atoms with Crippen molar-refractivity contribution in [3.8, 4) is 5.75 Å². The number of carbonyl (C=O) groups is 2. The third-order valence-electron chi connectivity index (χ3n) is 4.54. The lowest BCUT2D eigenvalue weighted by atomic mass is 10.0. The van der Waals surface area contributed by atoms with Crippen molar-refractivity contribution in [3.63, 3.8) is 0 Å². The molecule has 0 saturated carbocycles. The molecule has 0 saturated heterocycles. The van der Waals surface area contributed by atoms with Gasteiger partial charge < -0.3 is 4.74 Å². The smallest absolute Gasteiger partial charge is 0.281 e. The lowest BCUT2D eigenvalue weighted by Gasteiger charge is -2.25. The molecule has 0 aliphatic carbocycles. The van der Waals surface area contributed by atoms with E-state index < -0.39 is 16.4 Å². The normalized spacial score (nSPS) is 10.8. The predicted molar refractivity (Wildman–Crippen MR) is 121 cm³/mol. The number of nitro benzene ring substituents is 1. The van der Waals surface area contributed by atoms with E-state index in [1.54, 1.807) is 62.4 Å². The maximum atomic E-state index is 12.5. The van der Waals surface area contributed by atoms with E-state index in [2.05, 4.69) is 10.9 Å². The Labute approximate surface area is 189 Å². The van der Waals surface area contributed by atoms with Crippen LogP contribution in [-0.2, 0) is 4.79 Å². The highest BCUT2D eigenvalue weighted by molar-refractivity contribution is 6.30. The van der Waals surface area contributed by atoms with Crippen LogP contribution in [-0.4, -0.2) is 22.2 Å². The minimum absolute atomic E-state index is 0.0523. The lowest BCUT2D eigenvalue weighted by molar-refractivity contribution is -0.384. The molecule has 0 spiro atoms. The van der Waals surface area contributed by atoms with Crippen LogP contribution in [0.25, 0.3) is 0 Å². The van der Waals surface area contributed by atoms with Crippen LogP contribution >= 0.6 is 11.6 Å². The minimum atomic E-state index is -1.24. The Bertz CT molecular complexity index is 1130. The Kier molecular flexibility index (Phi) is 6.75. The molecule has 8 nitrogen and oxygen atoms in total. The van der Waals surface area contributed by atoms with E-state index in [1.807, 2.05) is 0 Å². The van der Waals surface area contributed by atoms with E-state index in [9.17, 15) is 19.7 Å². The van der Waals surface area contributed by atoms with Crippen LogP contribution in [0.1, 0.15) is 29.8 Å². The Balaban J connectivity index is 1.60. The van der Waals surface area contributed by atoms with Gasteiger partial charge in [-0.1, -0.05) is 11.6 Å². The molecule has 0 atom stereocenters. The number of non-ortho nitro benzene ring substituents is 1. The number of nitrogens with zero attached hydrogens (tertiary/aromatic N) is 1. The molecule has 3 aromatic rings. The summed E-state index contributed by atoms with van der Waals surface area (Å²) in [6.45, 7) is 3.18. The van der Waals surface area contributed by atoms with Gasteiger partial charge >= 0.3 is 0 Å². The molecule has 1 amide bonds. The van der Waals surface area contributed by atoms with Crippen molar-refractivity contribution in [1.82, 2.24) is 5.43 Å². The van der Waals surface area contributed by atoms with E-state index >= 15 is 0 Å². The molecule has 3 rings (SSSR count). The highest BCUT2D eigenvalue weighted by Crippen LogP contribution is 2.21. The van der Waals surface area contributed by atoms with E-state index in [0.29, 0.717) is 27.6 Å². The van der Waals surface area contributed by atoms with Gasteiger partial charge in [0.05, 0.1) is 10.6 Å². The molecule has 2 N–H and O–H groups in total. The first-order chi connectivity index (χ1) is 15.2. The SMILES string of the molecule is CC(C)(Oc1ccc(C(=O)c2ccc(Cl)cc2)cc1)C(=O)NNc1ccc([N+](=O)[O-])cc1. The second-order valence-electron chi connectivity index (χ2n) is 7.36. The van der Waals surface area contributed by atoms with Gasteiger partial charge in [-0.2, -0.15) is 0 Å². The molecular weight excluding hydrogens is 434 g/mol. The van der Waals surface area contributed by atoms with Crippen molar-refractivity contribution in [2.45, 2.75) is 19.4 Å². The highest BCUT2D eigenvalue weighted by atomic mass is 35.5. The topological polar surface area (TPSA) is 111 Å². The van der Waals surface area contributed by atoms with Gasteiger partial charge in [0.15, 0.2) is 11.4 Å². The van der Waals surface area contributed by atoms with Crippen LogP contribution in [0, 0.1) is 10.1 Å². The van der Waals surface area contributed by atoms with Gasteiger partial charge in [-0.3, -0.25) is 30.6 Å². The molecule has 0 unspecified atom stereocenters. The van der Waals surface area contributed by atoms with Crippen LogP contribution in [0.3, 0.4) is 0 Å². The van der Waals surface area contributed by atoms with E-state index in [4.69, 9.17) is 16.3 Å². The maximum Gasteiger partial charge on any atom is 0.281 e. The molecule has 0 aromatic heterocycles. The van der Waals surface area contributed by atoms with Gasteiger partial charge in [-0.15, -0.1) is 0 Å². The number of ether oxygens (including phenoxy) is 1. The fraction of sp³-hybridized carbons (Fsp3) is 0.130. The Morgan fingerprint density at radius 2 is 1.44 bits per heavy atom. The number of hydrazine groups is 1. The molecule has 0 aliphatic heterocycles. The molecule has 32 heavy (non-hydrogen) atoms. The zero-order valence-corrected chi connectivity index (χ0v) is 18.1. The van der Waals surface area contributed by atoms with Gasteiger partial charge in [-0.05, 0) is 74.5 Å². The quantitative estimate of drug-likeness (QED) is 0.288. The molecule has 0 fully saturated rings. The van der Waals surface area contributed by atoms with Crippen molar-refractivity contribution in [1.29, 1.82) is 0 Å². The number of nitrogens with one attached hydrogen (secondary N) is 2. The van der Waals surface area contributed by atoms with Gasteiger partial charge in [0.2, 0.25) is 0 Å². The first-order valence-electron chi connectivity index (χ1n) is 9.56. The van der Waals surface area contributed by atoms with Gasteiger partial charge in [-0.25, -0.2) is 0 Å². The highest BCUT2D eigenvalue weighted by Gasteiger charge is 2.30. The predicted octanol–water partition coefficient (Wildman–Crippen LogP) is 4.78. The monoisotopic (exact) mass is 453 g/mol. The number of ketones is 1. The second-order valence-corrected chi connectivity index (χ2v) is 7.79. The molecule has 0 heterocycles. The zero-order valence-electron chi connectivity index (χ0n) is 17.3. The molecule has 164 valence electrons. The van der Waals surface area contributed by atoms with Gasteiger partial charge in [0.25, 0.3) is 11.6 Å². The van der Waals surface area contributed by atoms with Crippen LogP contribution in [0.2, 0.25) is 5.02 Å². The standard InChI is InChI=1S/C23H20ClN3O5/c1-23(2,22(29)26-25-18-9-11-19(12-10-18)27(30)31)32-20-13-5-16(6-14-20)21(28)15-3-7-17(24)8-4-15/h3-14,25H,1-2H3,(H,26,29). The Morgan fingerprint density at radius 3 is 1.97 bits per heavy atom. The fourth-order valence-electron chi connectivity index (χ4n) is 2.73. The van der Waals surface area contributed by atoms with Crippen LogP contribution in [0.4, 0.5) is 11.4 Å². The number of benzene rings is 3. The average molecular weight is 454 g/mol. The molecule has 9 heteroatoms. The lowest BCUT2D eigenvalue weighted by Crippen LogP contribution is -2.48. The number of anilines is 1. The van der Waals surface area contributed by atoms with Crippen molar-refractivity contribution < 1.29 is 19.2 Å². The number of hydrogen-bond donors (Lipinski definition) is 2. The van der Waals surface area contributed by atoms with Crippen molar-refractivity contribution in [2.24, 2.45) is 0 Å². The summed E-state index contributed by atoms with van der Waals surface area (Å²) in [6, 6.07) is 18.7. The van der Waals surface area contributed by atoms with Crippen LogP contribution in [0.5, 0.6) is 5.75 Å². The number of amides is 1. The minimum Gasteiger partial charge on any atom is -0.478 e. The Morgan fingerprint density at radius 1 is 0.906 bits per heavy atom. The largest absolute Gasteiger partial charge is 0.478 e.